The van der Waals surface area contributed by atoms with E-state index in [1.54, 1.807) is 58.2 Å². The number of ketones is 1. The molecule has 2 aromatic rings. The number of hydrogen-bond acceptors (Lipinski definition) is 19. The fraction of sp³-hybridized carbons (Fsp3) is 0.768. The van der Waals surface area contributed by atoms with Crippen LogP contribution in [-0.2, 0) is 54.1 Å². The maximum absolute atomic E-state index is 14.5. The number of aromatic nitrogens is 1. The van der Waals surface area contributed by atoms with Crippen LogP contribution in [0.5, 0.6) is 0 Å². The lowest BCUT2D eigenvalue weighted by molar-refractivity contribution is -0.318. The number of carbonyl (C=O) groups excluding carboxylic acids is 3. The molecular formula is C56H90N4O17. The Hall–Kier alpha value is -4.13. The molecule has 0 aliphatic carbocycles. The maximum atomic E-state index is 14.5. The van der Waals surface area contributed by atoms with Gasteiger partial charge in [0.2, 0.25) is 5.43 Å². The van der Waals surface area contributed by atoms with Gasteiger partial charge in [-0.3, -0.25) is 19.2 Å². The van der Waals surface area contributed by atoms with Gasteiger partial charge in [0.15, 0.2) is 18.7 Å². The number of fused-ring (bicyclic) bond motifs is 1. The maximum Gasteiger partial charge on any atom is 0.341 e. The Morgan fingerprint density at radius 3 is 2.19 bits per heavy atom. The number of ether oxygens (including phenoxy) is 7. The molecule has 1 aromatic carbocycles. The first-order valence-corrected chi connectivity index (χ1v) is 27.5. The summed E-state index contributed by atoms with van der Waals surface area (Å²) in [5.74, 6) is -7.06. The van der Waals surface area contributed by atoms with Gasteiger partial charge in [-0.25, -0.2) is 4.79 Å². The van der Waals surface area contributed by atoms with Crippen molar-refractivity contribution >= 4 is 40.3 Å². The van der Waals surface area contributed by atoms with Crippen molar-refractivity contribution in [2.24, 2.45) is 23.7 Å². The Balaban J connectivity index is 1.28. The van der Waals surface area contributed by atoms with Gasteiger partial charge >= 0.3 is 17.9 Å². The van der Waals surface area contributed by atoms with Gasteiger partial charge in [-0.2, -0.15) is 0 Å². The number of carboxylic acid groups (broad SMARTS) is 1. The van der Waals surface area contributed by atoms with Crippen molar-refractivity contribution in [3.05, 3.63) is 40.2 Å². The first kappa shape index (κ1) is 63.7. The minimum atomic E-state index is -2.05. The summed E-state index contributed by atoms with van der Waals surface area (Å²) in [4.78, 5) is 68.1. The molecule has 436 valence electrons. The number of aliphatic hydroxyl groups is 4. The topological polar surface area (TPSA) is 283 Å². The lowest BCUT2D eigenvalue weighted by Crippen LogP contribution is -2.61. The van der Waals surface area contributed by atoms with Crippen molar-refractivity contribution < 1.29 is 77.9 Å². The first-order valence-electron chi connectivity index (χ1n) is 27.5. The molecule has 77 heavy (non-hydrogen) atoms. The van der Waals surface area contributed by atoms with Crippen LogP contribution in [0, 0.1) is 23.7 Å². The number of carboxylic acids is 1. The number of nitrogens with zero attached hydrogens (tertiary/aromatic N) is 2. The van der Waals surface area contributed by atoms with E-state index < -0.39 is 125 Å². The second kappa shape index (κ2) is 26.9. The van der Waals surface area contributed by atoms with Crippen molar-refractivity contribution in [3.8, 4) is 0 Å². The highest BCUT2D eigenvalue weighted by Crippen LogP contribution is 2.41. The summed E-state index contributed by atoms with van der Waals surface area (Å²) in [5, 5.41) is 64.1. The van der Waals surface area contributed by atoms with E-state index in [1.807, 2.05) is 38.9 Å². The summed E-state index contributed by atoms with van der Waals surface area (Å²) >= 11 is 0. The SMILES string of the molecule is CC[C@H]1OC(=O)[C@H](C)[C@@H](O[C@H]2C[C@@](C)(OC)[C@@H](OC(=O)CCNCCCCNc3ccc4c(=O)c(C(=O)O)cn(CC)c4c3)[C@H](C)O2)[C@H](C)[C@@H](O[C@@H]2O[C@H](C)C[C@H](N(C)C)[C@H]2O)[C@](C)(O)C[C@@H](C)C(=O)[C@H](C)[C@@H](O)[C@]1(C)O. The van der Waals surface area contributed by atoms with E-state index >= 15 is 0 Å². The smallest absolute Gasteiger partial charge is 0.341 e. The molecule has 4 heterocycles. The molecule has 0 saturated carbocycles. The van der Waals surface area contributed by atoms with E-state index in [2.05, 4.69) is 10.6 Å². The number of likely N-dealkylation sites (N-methyl/N-ethyl adjacent to an activating group) is 1. The average molecular weight is 1090 g/mol. The normalized spacial score (nSPS) is 36.8. The van der Waals surface area contributed by atoms with E-state index in [9.17, 15) is 49.5 Å². The lowest BCUT2D eigenvalue weighted by atomic mass is 9.74. The summed E-state index contributed by atoms with van der Waals surface area (Å²) in [7, 11) is 5.16. The van der Waals surface area contributed by atoms with Crippen LogP contribution < -0.4 is 16.1 Å². The summed E-state index contributed by atoms with van der Waals surface area (Å²) in [6, 6.07) is 4.87. The molecule has 0 radical (unpaired) electrons. The van der Waals surface area contributed by atoms with Gasteiger partial charge in [0.05, 0.1) is 54.0 Å². The predicted octanol–water partition coefficient (Wildman–Crippen LogP) is 4.24. The van der Waals surface area contributed by atoms with Crippen LogP contribution in [0.25, 0.3) is 10.9 Å². The van der Waals surface area contributed by atoms with Gasteiger partial charge in [0, 0.05) is 74.2 Å². The molecular weight excluding hydrogens is 1000 g/mol. The molecule has 3 aliphatic heterocycles. The van der Waals surface area contributed by atoms with E-state index in [4.69, 9.17) is 33.2 Å². The zero-order valence-corrected chi connectivity index (χ0v) is 47.8. The molecule has 21 nitrogen and oxygen atoms in total. The molecule has 0 bridgehead atoms. The molecule has 3 saturated heterocycles. The highest BCUT2D eigenvalue weighted by molar-refractivity contribution is 5.93. The zero-order valence-electron chi connectivity index (χ0n) is 47.8. The number of pyridine rings is 1. The fourth-order valence-electron chi connectivity index (χ4n) is 11.7. The van der Waals surface area contributed by atoms with Crippen LogP contribution in [0.4, 0.5) is 5.69 Å². The fourth-order valence-corrected chi connectivity index (χ4v) is 11.7. The number of aryl methyl sites for hydroxylation is 1. The predicted molar refractivity (Wildman–Crippen MR) is 286 cm³/mol. The third kappa shape index (κ3) is 15.0. The molecule has 5 rings (SSSR count). The molecule has 3 fully saturated rings. The largest absolute Gasteiger partial charge is 0.477 e. The number of carbonyl (C=O) groups is 4. The number of nitrogens with one attached hydrogen (secondary N) is 2. The van der Waals surface area contributed by atoms with Crippen LogP contribution >= 0.6 is 0 Å². The monoisotopic (exact) mass is 1090 g/mol. The Labute approximate surface area is 453 Å². The van der Waals surface area contributed by atoms with Gasteiger partial charge < -0.3 is 78.8 Å². The Kier molecular flexibility index (Phi) is 22.2. The van der Waals surface area contributed by atoms with Gasteiger partial charge in [-0.15, -0.1) is 0 Å². The van der Waals surface area contributed by atoms with Crippen LogP contribution in [-0.4, -0.2) is 184 Å². The second-order valence-corrected chi connectivity index (χ2v) is 22.8. The highest BCUT2D eigenvalue weighted by atomic mass is 16.7. The quantitative estimate of drug-likeness (QED) is 0.0765. The number of methoxy groups -OCH3 is 1. The zero-order chi connectivity index (χ0) is 57.5. The third-order valence-corrected chi connectivity index (χ3v) is 16.3. The van der Waals surface area contributed by atoms with E-state index in [1.165, 1.54) is 34.1 Å². The molecule has 0 amide bonds. The Morgan fingerprint density at radius 1 is 0.896 bits per heavy atom. The minimum Gasteiger partial charge on any atom is -0.477 e. The molecule has 21 heteroatoms. The van der Waals surface area contributed by atoms with E-state index in [0.717, 1.165) is 18.5 Å². The molecule has 18 atom stereocenters. The number of benzene rings is 1. The number of rotatable bonds is 19. The summed E-state index contributed by atoms with van der Waals surface area (Å²) < 4.78 is 46.1. The molecule has 0 unspecified atom stereocenters. The van der Waals surface area contributed by atoms with Crippen LogP contribution in [0.1, 0.15) is 131 Å². The summed E-state index contributed by atoms with van der Waals surface area (Å²) in [6.45, 7) is 20.3. The van der Waals surface area contributed by atoms with Crippen molar-refractivity contribution in [2.45, 2.75) is 212 Å². The number of aromatic carboxylic acids is 1. The lowest BCUT2D eigenvalue weighted by Gasteiger charge is -2.49. The van der Waals surface area contributed by atoms with Gasteiger partial charge in [0.1, 0.15) is 34.8 Å². The third-order valence-electron chi connectivity index (χ3n) is 16.3. The van der Waals surface area contributed by atoms with Gasteiger partial charge in [0.25, 0.3) is 0 Å². The minimum absolute atomic E-state index is 0.0164. The summed E-state index contributed by atoms with van der Waals surface area (Å²) in [5.41, 5.74) is -4.43. The van der Waals surface area contributed by atoms with Gasteiger partial charge in [-0.1, -0.05) is 27.7 Å². The van der Waals surface area contributed by atoms with Crippen molar-refractivity contribution in [1.82, 2.24) is 14.8 Å². The van der Waals surface area contributed by atoms with Gasteiger partial charge in [-0.05, 0) is 119 Å². The number of Topliss-reactive ketones (excluding diaryl/α,β-unsaturated/α-hetero) is 1. The van der Waals surface area contributed by atoms with Crippen molar-refractivity contribution in [2.75, 3.05) is 46.2 Å². The Bertz CT molecular complexity index is 2380. The standard InChI is InChI=1S/C56H90N4O17/c1-15-41-56(11,70)48(65)32(5)44(62)30(3)27-54(9,69)49(77-53-46(64)40(59(12)13)25-31(4)72-53)33(6)47(34(7)52(68)74-41)76-43-28-55(10,71-14)50(35(8)73-43)75-42(61)21-24-57-22-17-18-23-58-36-19-20-37-39(26-36)60(16-2)29-38(45(37)63)51(66)67/h19-20,26,29-35,40-41,43,46-50,53,57-58,64-65,69-70H,15-18,21-25,27-28H2,1-14H3,(H,66,67)/t30-,31-,32+,33+,34-,35+,40+,41-,43+,46-,47+,48-,49-,50+,53+,54-,55-,56-/m1/s1. The van der Waals surface area contributed by atoms with Crippen molar-refractivity contribution in [3.63, 3.8) is 0 Å². The number of anilines is 1. The average Bonchev–Trinajstić information content (AvgIpc) is 3.37. The summed E-state index contributed by atoms with van der Waals surface area (Å²) in [6.07, 6.45) is -7.45. The molecule has 0 spiro atoms. The Morgan fingerprint density at radius 2 is 1.57 bits per heavy atom. The number of cyclic esters (lactones) is 1. The molecule has 1 aromatic heterocycles. The van der Waals surface area contributed by atoms with Crippen molar-refractivity contribution in [1.29, 1.82) is 0 Å². The van der Waals surface area contributed by atoms with E-state index in [-0.39, 0.29) is 43.4 Å². The number of aliphatic hydroxyl groups excluding tert-OH is 2. The van der Waals surface area contributed by atoms with Crippen LogP contribution in [0.2, 0.25) is 0 Å². The van der Waals surface area contributed by atoms with Crippen LogP contribution in [0.15, 0.2) is 29.2 Å². The van der Waals surface area contributed by atoms with Crippen LogP contribution in [0.3, 0.4) is 0 Å². The number of hydrogen-bond donors (Lipinski definition) is 7. The second-order valence-electron chi connectivity index (χ2n) is 22.8. The number of esters is 2. The first-order chi connectivity index (χ1) is 36.0. The number of unbranched alkanes of at least 4 members (excludes halogenated alkanes) is 1. The highest BCUT2D eigenvalue weighted by Gasteiger charge is 2.54. The molecule has 7 N–H and O–H groups in total. The van der Waals surface area contributed by atoms with E-state index in [0.29, 0.717) is 43.5 Å². The molecule has 3 aliphatic rings.